The minimum Gasteiger partial charge on any atom is -0.396 e. The van der Waals surface area contributed by atoms with E-state index in [1.165, 1.54) is 6.07 Å². The zero-order chi connectivity index (χ0) is 12.7. The van der Waals surface area contributed by atoms with Crippen LogP contribution in [0.4, 0.5) is 4.39 Å². The second-order valence-corrected chi connectivity index (χ2v) is 4.46. The summed E-state index contributed by atoms with van der Waals surface area (Å²) in [4.78, 5) is 2.15. The maximum Gasteiger partial charge on any atom is 0.127 e. The monoisotopic (exact) mass is 239 g/mol. The summed E-state index contributed by atoms with van der Waals surface area (Å²) < 4.78 is 13.6. The summed E-state index contributed by atoms with van der Waals surface area (Å²) in [6.45, 7) is 3.20. The number of nitrogens with zero attached hydrogens (tertiary/aromatic N) is 1. The topological polar surface area (TPSA) is 23.5 Å². The molecule has 0 aliphatic rings. The molecule has 0 saturated heterocycles. The van der Waals surface area contributed by atoms with Crippen molar-refractivity contribution in [1.29, 1.82) is 0 Å². The first-order chi connectivity index (χ1) is 8.16. The lowest BCUT2D eigenvalue weighted by molar-refractivity contribution is 0.240. The third kappa shape index (κ3) is 4.44. The Balaban J connectivity index is 2.46. The molecule has 0 radical (unpaired) electrons. The molecule has 0 amide bonds. The molecule has 0 bridgehead atoms. The van der Waals surface area contributed by atoms with Crippen molar-refractivity contribution in [2.75, 3.05) is 20.2 Å². The molecule has 0 aliphatic carbocycles. The number of benzene rings is 1. The fourth-order valence-corrected chi connectivity index (χ4v) is 1.89. The summed E-state index contributed by atoms with van der Waals surface area (Å²) in [7, 11) is 2.01. The van der Waals surface area contributed by atoms with Gasteiger partial charge < -0.3 is 5.11 Å². The number of hydrogen-bond donors (Lipinski definition) is 1. The van der Waals surface area contributed by atoms with Crippen LogP contribution in [0.5, 0.6) is 0 Å². The summed E-state index contributed by atoms with van der Waals surface area (Å²) in [5.74, 6) is -0.137. The minimum atomic E-state index is -0.137. The first kappa shape index (κ1) is 14.1. The van der Waals surface area contributed by atoms with Crippen molar-refractivity contribution < 1.29 is 9.50 Å². The molecule has 0 spiro atoms. The van der Waals surface area contributed by atoms with Crippen molar-refractivity contribution >= 4 is 0 Å². The molecule has 1 aromatic carbocycles. The first-order valence-electron chi connectivity index (χ1n) is 6.22. The molecule has 1 aromatic rings. The van der Waals surface area contributed by atoms with Crippen molar-refractivity contribution in [2.45, 2.75) is 32.2 Å². The second-order valence-electron chi connectivity index (χ2n) is 4.46. The van der Waals surface area contributed by atoms with E-state index in [1.54, 1.807) is 6.07 Å². The molecule has 1 rings (SSSR count). The fourth-order valence-electron chi connectivity index (χ4n) is 1.89. The highest BCUT2D eigenvalue weighted by atomic mass is 19.1. The van der Waals surface area contributed by atoms with E-state index in [0.717, 1.165) is 31.4 Å². The number of unbranched alkanes of at least 4 members (excludes halogenated alkanes) is 2. The smallest absolute Gasteiger partial charge is 0.127 e. The minimum absolute atomic E-state index is 0.0883. The molecule has 1 unspecified atom stereocenters. The summed E-state index contributed by atoms with van der Waals surface area (Å²) in [6, 6.07) is 7.02. The number of halogens is 1. The van der Waals surface area contributed by atoms with Crippen molar-refractivity contribution in [3.8, 4) is 0 Å². The lowest BCUT2D eigenvalue weighted by Crippen LogP contribution is -2.24. The first-order valence-corrected chi connectivity index (χ1v) is 6.22. The van der Waals surface area contributed by atoms with Crippen LogP contribution < -0.4 is 0 Å². The Morgan fingerprint density at radius 2 is 1.94 bits per heavy atom. The van der Waals surface area contributed by atoms with Gasteiger partial charge >= 0.3 is 0 Å². The van der Waals surface area contributed by atoms with Crippen LogP contribution in [0, 0.1) is 5.82 Å². The average molecular weight is 239 g/mol. The molecule has 0 fully saturated rings. The predicted octanol–water partition coefficient (Wildman–Crippen LogP) is 2.98. The van der Waals surface area contributed by atoms with E-state index in [9.17, 15) is 4.39 Å². The molecule has 0 saturated carbocycles. The number of rotatable bonds is 7. The molecule has 0 aromatic heterocycles. The Hall–Kier alpha value is -0.930. The molecule has 0 aliphatic heterocycles. The predicted molar refractivity (Wildman–Crippen MR) is 68.4 cm³/mol. The van der Waals surface area contributed by atoms with E-state index < -0.39 is 0 Å². The van der Waals surface area contributed by atoms with Gasteiger partial charge in [-0.25, -0.2) is 4.39 Å². The Bertz CT molecular complexity index is 330. The summed E-state index contributed by atoms with van der Waals surface area (Å²) >= 11 is 0. The molecule has 0 heterocycles. The lowest BCUT2D eigenvalue weighted by Gasteiger charge is -2.25. The molecular weight excluding hydrogens is 217 g/mol. The quantitative estimate of drug-likeness (QED) is 0.739. The molecule has 1 atom stereocenters. The third-order valence-electron chi connectivity index (χ3n) is 3.19. The van der Waals surface area contributed by atoms with Gasteiger partial charge in [0.25, 0.3) is 0 Å². The van der Waals surface area contributed by atoms with Gasteiger partial charge in [-0.1, -0.05) is 18.2 Å². The van der Waals surface area contributed by atoms with Gasteiger partial charge in [-0.3, -0.25) is 4.90 Å². The summed E-state index contributed by atoms with van der Waals surface area (Å²) in [6.07, 6.45) is 2.91. The van der Waals surface area contributed by atoms with E-state index in [4.69, 9.17) is 5.11 Å². The van der Waals surface area contributed by atoms with E-state index in [1.807, 2.05) is 26.1 Å². The highest BCUT2D eigenvalue weighted by Gasteiger charge is 2.14. The molecule has 17 heavy (non-hydrogen) atoms. The fraction of sp³-hybridized carbons (Fsp3) is 0.571. The van der Waals surface area contributed by atoms with Crippen molar-refractivity contribution in [3.05, 3.63) is 35.6 Å². The van der Waals surface area contributed by atoms with E-state index in [2.05, 4.69) is 4.90 Å². The van der Waals surface area contributed by atoms with Crippen LogP contribution in [-0.4, -0.2) is 30.2 Å². The number of aliphatic hydroxyl groups is 1. The summed E-state index contributed by atoms with van der Waals surface area (Å²) in [5.41, 5.74) is 0.747. The SMILES string of the molecule is CC(c1ccccc1F)N(C)CCCCCO. The number of hydrogen-bond acceptors (Lipinski definition) is 2. The summed E-state index contributed by atoms with van der Waals surface area (Å²) in [5, 5.41) is 8.69. The maximum atomic E-state index is 13.6. The maximum absolute atomic E-state index is 13.6. The van der Waals surface area contributed by atoms with Gasteiger partial charge in [0.15, 0.2) is 0 Å². The van der Waals surface area contributed by atoms with E-state index >= 15 is 0 Å². The van der Waals surface area contributed by atoms with Crippen molar-refractivity contribution in [1.82, 2.24) is 4.90 Å². The van der Waals surface area contributed by atoms with Gasteiger partial charge in [-0.2, -0.15) is 0 Å². The van der Waals surface area contributed by atoms with Gasteiger partial charge in [0, 0.05) is 18.2 Å². The van der Waals surface area contributed by atoms with Gasteiger partial charge in [-0.15, -0.1) is 0 Å². The molecule has 2 nitrogen and oxygen atoms in total. The van der Waals surface area contributed by atoms with Crippen molar-refractivity contribution in [2.24, 2.45) is 0 Å². The molecule has 3 heteroatoms. The van der Waals surface area contributed by atoms with Gasteiger partial charge in [0.1, 0.15) is 5.82 Å². The largest absolute Gasteiger partial charge is 0.396 e. The van der Waals surface area contributed by atoms with Gasteiger partial charge in [-0.05, 0) is 45.8 Å². The second kappa shape index (κ2) is 7.41. The van der Waals surface area contributed by atoms with Gasteiger partial charge in [0.2, 0.25) is 0 Å². The Morgan fingerprint density at radius 3 is 2.59 bits per heavy atom. The third-order valence-corrected chi connectivity index (χ3v) is 3.19. The normalized spacial score (nSPS) is 13.0. The van der Waals surface area contributed by atoms with Crippen LogP contribution >= 0.6 is 0 Å². The molecule has 96 valence electrons. The van der Waals surface area contributed by atoms with Crippen LogP contribution in [0.15, 0.2) is 24.3 Å². The van der Waals surface area contributed by atoms with Crippen LogP contribution in [0.25, 0.3) is 0 Å². The Labute approximate surface area is 103 Å². The Morgan fingerprint density at radius 1 is 1.24 bits per heavy atom. The highest BCUT2D eigenvalue weighted by Crippen LogP contribution is 2.21. The van der Waals surface area contributed by atoms with Crippen LogP contribution in [-0.2, 0) is 0 Å². The molecule has 1 N–H and O–H groups in total. The van der Waals surface area contributed by atoms with Crippen molar-refractivity contribution in [3.63, 3.8) is 0 Å². The van der Waals surface area contributed by atoms with Crippen LogP contribution in [0.1, 0.15) is 37.8 Å². The molecular formula is C14H22FNO. The zero-order valence-electron chi connectivity index (χ0n) is 10.7. The van der Waals surface area contributed by atoms with Crippen LogP contribution in [0.3, 0.4) is 0 Å². The lowest BCUT2D eigenvalue weighted by atomic mass is 10.1. The van der Waals surface area contributed by atoms with Crippen LogP contribution in [0.2, 0.25) is 0 Å². The Kier molecular flexibility index (Phi) is 6.16. The standard InChI is InChI=1S/C14H22FNO/c1-12(13-8-4-5-9-14(13)15)16(2)10-6-3-7-11-17/h4-5,8-9,12,17H,3,6-7,10-11H2,1-2H3. The highest BCUT2D eigenvalue weighted by molar-refractivity contribution is 5.20. The van der Waals surface area contributed by atoms with Gasteiger partial charge in [0.05, 0.1) is 0 Å². The number of aliphatic hydroxyl groups excluding tert-OH is 1. The average Bonchev–Trinajstić information content (AvgIpc) is 2.34. The zero-order valence-corrected chi connectivity index (χ0v) is 10.7. The van der Waals surface area contributed by atoms with E-state index in [0.29, 0.717) is 0 Å². The van der Waals surface area contributed by atoms with E-state index in [-0.39, 0.29) is 18.5 Å².